The van der Waals surface area contributed by atoms with Crippen molar-refractivity contribution in [3.63, 3.8) is 0 Å². The topological polar surface area (TPSA) is 29.5 Å². The van der Waals surface area contributed by atoms with Gasteiger partial charge in [0.05, 0.1) is 12.1 Å². The van der Waals surface area contributed by atoms with Crippen molar-refractivity contribution in [2.45, 2.75) is 63.9 Å². The molecule has 3 rings (SSSR count). The van der Waals surface area contributed by atoms with Crippen LogP contribution in [-0.2, 0) is 15.6 Å². The lowest BCUT2D eigenvalue weighted by Gasteiger charge is -2.49. The maximum absolute atomic E-state index is 12.7. The molecule has 154 valence electrons. The summed E-state index contributed by atoms with van der Waals surface area (Å²) in [4.78, 5) is 14.6. The second kappa shape index (κ2) is 8.29. The van der Waals surface area contributed by atoms with Crippen LogP contribution in [0, 0.1) is 0 Å². The average molecular weight is 408 g/mol. The number of hydrogen-bond donors (Lipinski definition) is 0. The summed E-state index contributed by atoms with van der Waals surface area (Å²) in [5.74, 6) is 0.00439. The van der Waals surface area contributed by atoms with Crippen molar-refractivity contribution >= 4 is 19.9 Å². The van der Waals surface area contributed by atoms with E-state index in [1.165, 1.54) is 5.56 Å². The zero-order valence-electron chi connectivity index (χ0n) is 18.3. The Hall–Kier alpha value is -2.17. The molecule has 29 heavy (non-hydrogen) atoms. The molecule has 1 saturated heterocycles. The number of benzene rings is 2. The number of carbonyl (C=O) groups excluding carboxylic acids is 1. The minimum atomic E-state index is -2.01. The normalized spacial score (nSPS) is 18.5. The van der Waals surface area contributed by atoms with Gasteiger partial charge >= 0.3 is 0 Å². The van der Waals surface area contributed by atoms with Crippen LogP contribution in [0.2, 0.25) is 18.1 Å². The van der Waals surface area contributed by atoms with Gasteiger partial charge in [0, 0.05) is 11.3 Å². The molecule has 0 spiro atoms. The Bertz CT molecular complexity index is 855. The molecule has 0 saturated carbocycles. The number of amides is 1. The van der Waals surface area contributed by atoms with E-state index in [-0.39, 0.29) is 23.1 Å². The molecule has 2 atom stereocenters. The van der Waals surface area contributed by atoms with E-state index in [0.717, 1.165) is 18.5 Å². The summed E-state index contributed by atoms with van der Waals surface area (Å²) in [7, 11) is -2.01. The van der Waals surface area contributed by atoms with E-state index in [1.54, 1.807) is 0 Å². The second-order valence-corrected chi connectivity index (χ2v) is 14.2. The Balaban J connectivity index is 1.88. The number of para-hydroxylation sites is 1. The van der Waals surface area contributed by atoms with Crippen molar-refractivity contribution < 1.29 is 9.22 Å². The van der Waals surface area contributed by atoms with E-state index in [0.29, 0.717) is 5.57 Å². The highest BCUT2D eigenvalue weighted by molar-refractivity contribution is 6.74. The maximum atomic E-state index is 12.7. The lowest BCUT2D eigenvalue weighted by atomic mass is 9.87. The molecule has 0 unspecified atom stereocenters. The van der Waals surface area contributed by atoms with Gasteiger partial charge in [-0.3, -0.25) is 9.69 Å². The minimum Gasteiger partial charge on any atom is -0.411 e. The first kappa shape index (κ1) is 21.5. The molecule has 0 aromatic heterocycles. The standard InChI is InChI=1S/C25H33NO2Si/c1-19-23(26(24(19)27)21-15-11-8-12-16-21)22(28-29(5,6)25(2,3)4)18-17-20-13-9-7-10-14-20/h7-16,22-23H,1,17-18H2,2-6H3/t22-,23-/m1/s1. The lowest BCUT2D eigenvalue weighted by Crippen LogP contribution is -2.63. The molecule has 1 heterocycles. The summed E-state index contributed by atoms with van der Waals surface area (Å²) < 4.78 is 6.88. The fraction of sp³-hybridized carbons (Fsp3) is 0.400. The van der Waals surface area contributed by atoms with Gasteiger partial charge in [0.2, 0.25) is 0 Å². The molecule has 4 heteroatoms. The molecule has 1 fully saturated rings. The van der Waals surface area contributed by atoms with Crippen LogP contribution in [0.5, 0.6) is 0 Å². The molecular weight excluding hydrogens is 374 g/mol. The second-order valence-electron chi connectivity index (χ2n) is 9.42. The van der Waals surface area contributed by atoms with Gasteiger partial charge in [0.1, 0.15) is 0 Å². The number of carbonyl (C=O) groups is 1. The fourth-order valence-electron chi connectivity index (χ4n) is 3.54. The van der Waals surface area contributed by atoms with E-state index in [1.807, 2.05) is 41.3 Å². The molecule has 0 radical (unpaired) electrons. The SMILES string of the molecule is C=C1C(=O)N(c2ccccc2)[C@H]1[C@@H](CCc1ccccc1)O[Si](C)(C)C(C)(C)C. The minimum absolute atomic E-state index is 0.00439. The van der Waals surface area contributed by atoms with E-state index in [2.05, 4.69) is 64.7 Å². The molecule has 1 amide bonds. The van der Waals surface area contributed by atoms with Crippen LogP contribution in [0.15, 0.2) is 72.8 Å². The number of anilines is 1. The fourth-order valence-corrected chi connectivity index (χ4v) is 4.90. The highest BCUT2D eigenvalue weighted by Crippen LogP contribution is 2.41. The van der Waals surface area contributed by atoms with Gasteiger partial charge in [-0.05, 0) is 48.7 Å². The highest BCUT2D eigenvalue weighted by atomic mass is 28.4. The van der Waals surface area contributed by atoms with Crippen LogP contribution in [0.4, 0.5) is 5.69 Å². The summed E-state index contributed by atoms with van der Waals surface area (Å²) in [5, 5.41) is 0.102. The lowest BCUT2D eigenvalue weighted by molar-refractivity contribution is -0.120. The Morgan fingerprint density at radius 2 is 1.59 bits per heavy atom. The third-order valence-corrected chi connectivity index (χ3v) is 10.8. The highest BCUT2D eigenvalue weighted by Gasteiger charge is 2.49. The van der Waals surface area contributed by atoms with E-state index in [4.69, 9.17) is 4.43 Å². The van der Waals surface area contributed by atoms with Crippen LogP contribution >= 0.6 is 0 Å². The van der Waals surface area contributed by atoms with Crippen LogP contribution in [0.25, 0.3) is 0 Å². The molecule has 0 bridgehead atoms. The molecule has 3 nitrogen and oxygen atoms in total. The van der Waals surface area contributed by atoms with Gasteiger partial charge in [-0.2, -0.15) is 0 Å². The first-order chi connectivity index (χ1) is 13.6. The van der Waals surface area contributed by atoms with Crippen molar-refractivity contribution in [1.82, 2.24) is 0 Å². The first-order valence-electron chi connectivity index (χ1n) is 10.4. The number of nitrogens with zero attached hydrogens (tertiary/aromatic N) is 1. The van der Waals surface area contributed by atoms with Gasteiger partial charge in [-0.15, -0.1) is 0 Å². The first-order valence-corrected chi connectivity index (χ1v) is 13.3. The van der Waals surface area contributed by atoms with Crippen molar-refractivity contribution in [3.05, 3.63) is 78.4 Å². The smallest absolute Gasteiger partial charge is 0.256 e. The summed E-state index contributed by atoms with van der Waals surface area (Å²) >= 11 is 0. The molecular formula is C25H33NO2Si. The van der Waals surface area contributed by atoms with E-state index < -0.39 is 8.32 Å². The number of aryl methyl sites for hydroxylation is 1. The molecule has 0 aliphatic carbocycles. The van der Waals surface area contributed by atoms with Crippen molar-refractivity contribution in [2.24, 2.45) is 0 Å². The monoisotopic (exact) mass is 407 g/mol. The van der Waals surface area contributed by atoms with Crippen molar-refractivity contribution in [1.29, 1.82) is 0 Å². The maximum Gasteiger partial charge on any atom is 0.256 e. The number of β-lactam (4-membered cyclic amide) rings is 1. The van der Waals surface area contributed by atoms with Crippen LogP contribution in [0.1, 0.15) is 32.8 Å². The predicted octanol–water partition coefficient (Wildman–Crippen LogP) is 5.98. The predicted molar refractivity (Wildman–Crippen MR) is 124 cm³/mol. The van der Waals surface area contributed by atoms with E-state index in [9.17, 15) is 4.79 Å². The van der Waals surface area contributed by atoms with Gasteiger partial charge < -0.3 is 4.43 Å². The van der Waals surface area contributed by atoms with Crippen molar-refractivity contribution in [3.8, 4) is 0 Å². The Morgan fingerprint density at radius 3 is 2.14 bits per heavy atom. The van der Waals surface area contributed by atoms with Gasteiger partial charge in [0.25, 0.3) is 5.91 Å². The van der Waals surface area contributed by atoms with E-state index >= 15 is 0 Å². The van der Waals surface area contributed by atoms with Crippen LogP contribution < -0.4 is 4.90 Å². The third-order valence-electron chi connectivity index (χ3n) is 6.33. The van der Waals surface area contributed by atoms with Gasteiger partial charge in [-0.1, -0.05) is 75.9 Å². The average Bonchev–Trinajstić information content (AvgIpc) is 2.69. The van der Waals surface area contributed by atoms with Crippen LogP contribution in [0.3, 0.4) is 0 Å². The van der Waals surface area contributed by atoms with Crippen molar-refractivity contribution in [2.75, 3.05) is 4.90 Å². The quantitative estimate of drug-likeness (QED) is 0.321. The Morgan fingerprint density at radius 1 is 1.03 bits per heavy atom. The third kappa shape index (κ3) is 4.54. The summed E-state index contributed by atoms with van der Waals surface area (Å²) in [5.41, 5.74) is 2.86. The zero-order valence-corrected chi connectivity index (χ0v) is 19.3. The van der Waals surface area contributed by atoms with Gasteiger partial charge in [-0.25, -0.2) is 0 Å². The number of hydrogen-bond acceptors (Lipinski definition) is 2. The summed E-state index contributed by atoms with van der Waals surface area (Å²) in [6.45, 7) is 15.4. The Labute approximate surface area is 176 Å². The molecule has 0 N–H and O–H groups in total. The largest absolute Gasteiger partial charge is 0.411 e. The molecule has 1 aliphatic heterocycles. The Kier molecular flexibility index (Phi) is 6.15. The zero-order chi connectivity index (χ0) is 21.2. The summed E-state index contributed by atoms with van der Waals surface area (Å²) in [6.07, 6.45) is 1.71. The summed E-state index contributed by atoms with van der Waals surface area (Å²) in [6, 6.07) is 20.2. The number of rotatable bonds is 7. The van der Waals surface area contributed by atoms with Crippen LogP contribution in [-0.4, -0.2) is 26.4 Å². The molecule has 2 aromatic rings. The molecule has 1 aliphatic rings. The van der Waals surface area contributed by atoms with Gasteiger partial charge in [0.15, 0.2) is 8.32 Å². The molecule has 2 aromatic carbocycles.